The van der Waals surface area contributed by atoms with Crippen LogP contribution in [0.15, 0.2) is 16.7 Å². The highest BCUT2D eigenvalue weighted by molar-refractivity contribution is 9.10. The van der Waals surface area contributed by atoms with E-state index in [0.717, 1.165) is 5.56 Å². The molecule has 2 N–H and O–H groups in total. The lowest BCUT2D eigenvalue weighted by molar-refractivity contribution is -0.731. The molecule has 1 heterocycles. The molecule has 0 saturated carbocycles. The summed E-state index contributed by atoms with van der Waals surface area (Å²) in [5.74, 6) is -0.0446. The zero-order valence-corrected chi connectivity index (χ0v) is 12.6. The molecule has 0 atom stereocenters. The van der Waals surface area contributed by atoms with E-state index in [9.17, 15) is 13.2 Å². The highest BCUT2D eigenvalue weighted by Gasteiger charge is 2.29. The highest BCUT2D eigenvalue weighted by Crippen LogP contribution is 2.25. The summed E-state index contributed by atoms with van der Waals surface area (Å²) in [6, 6.07) is 1.72. The van der Waals surface area contributed by atoms with Gasteiger partial charge in [-0.3, -0.25) is 0 Å². The van der Waals surface area contributed by atoms with Crippen LogP contribution in [0.3, 0.4) is 0 Å². The normalized spacial score (nSPS) is 12.6. The molecule has 108 valence electrons. The van der Waals surface area contributed by atoms with Crippen LogP contribution in [-0.2, 0) is 6.54 Å². The van der Waals surface area contributed by atoms with Crippen LogP contribution in [0.5, 0.6) is 5.88 Å². The van der Waals surface area contributed by atoms with Crippen LogP contribution in [-0.4, -0.2) is 23.3 Å². The molecule has 1 aromatic heterocycles. The molecule has 0 fully saturated rings. The van der Waals surface area contributed by atoms with Gasteiger partial charge in [-0.25, -0.2) is 4.98 Å². The fourth-order valence-corrected chi connectivity index (χ4v) is 1.77. The van der Waals surface area contributed by atoms with E-state index < -0.39 is 12.8 Å². The van der Waals surface area contributed by atoms with E-state index in [4.69, 9.17) is 0 Å². The Hall–Kier alpha value is -0.820. The first kappa shape index (κ1) is 16.2. The average Bonchev–Trinajstić information content (AvgIpc) is 2.22. The predicted molar refractivity (Wildman–Crippen MR) is 68.9 cm³/mol. The second kappa shape index (κ2) is 6.09. The molecule has 0 spiro atoms. The Bertz CT molecular complexity index is 430. The number of hydrogen-bond acceptors (Lipinski definition) is 2. The zero-order chi connectivity index (χ0) is 14.7. The van der Waals surface area contributed by atoms with Gasteiger partial charge in [-0.1, -0.05) is 0 Å². The molecule has 3 nitrogen and oxygen atoms in total. The third kappa shape index (κ3) is 6.77. The molecular formula is C12H17BrF3N2O+. The SMILES string of the molecule is CC(C)(C)[NH2+]Cc1cnc(OCC(F)(F)F)c(Br)c1. The van der Waals surface area contributed by atoms with Gasteiger partial charge in [0.15, 0.2) is 6.61 Å². The summed E-state index contributed by atoms with van der Waals surface area (Å²) in [6.07, 6.45) is -2.83. The van der Waals surface area contributed by atoms with Crippen LogP contribution < -0.4 is 10.1 Å². The number of quaternary nitrogens is 1. The van der Waals surface area contributed by atoms with Gasteiger partial charge in [0.25, 0.3) is 0 Å². The Balaban J connectivity index is 2.64. The highest BCUT2D eigenvalue weighted by atomic mass is 79.9. The lowest BCUT2D eigenvalue weighted by Gasteiger charge is -2.17. The monoisotopic (exact) mass is 341 g/mol. The van der Waals surface area contributed by atoms with Gasteiger partial charge in [0, 0.05) is 11.8 Å². The van der Waals surface area contributed by atoms with Crippen molar-refractivity contribution in [3.63, 3.8) is 0 Å². The fourth-order valence-electron chi connectivity index (χ4n) is 1.26. The maximum Gasteiger partial charge on any atom is 0.422 e. The second-order valence-corrected chi connectivity index (χ2v) is 6.16. The lowest BCUT2D eigenvalue weighted by atomic mass is 10.1. The number of alkyl halides is 3. The first-order valence-electron chi connectivity index (χ1n) is 5.75. The zero-order valence-electron chi connectivity index (χ0n) is 11.0. The van der Waals surface area contributed by atoms with E-state index in [2.05, 4.69) is 51.7 Å². The quantitative estimate of drug-likeness (QED) is 0.914. The summed E-state index contributed by atoms with van der Waals surface area (Å²) in [4.78, 5) is 3.89. The minimum atomic E-state index is -4.36. The summed E-state index contributed by atoms with van der Waals surface area (Å²) < 4.78 is 41.1. The fraction of sp³-hybridized carbons (Fsp3) is 0.583. The van der Waals surface area contributed by atoms with Crippen molar-refractivity contribution < 1.29 is 23.2 Å². The van der Waals surface area contributed by atoms with Crippen LogP contribution in [0.25, 0.3) is 0 Å². The first-order chi connectivity index (χ1) is 8.57. The maximum atomic E-state index is 12.0. The van der Waals surface area contributed by atoms with Crippen LogP contribution in [0.4, 0.5) is 13.2 Å². The number of aromatic nitrogens is 1. The maximum absolute atomic E-state index is 12.0. The van der Waals surface area contributed by atoms with Crippen LogP contribution >= 0.6 is 15.9 Å². The Morgan fingerprint density at radius 3 is 2.42 bits per heavy atom. The lowest BCUT2D eigenvalue weighted by Crippen LogP contribution is -2.92. The largest absolute Gasteiger partial charge is 0.467 e. The molecule has 19 heavy (non-hydrogen) atoms. The number of nitrogens with two attached hydrogens (primary N) is 1. The van der Waals surface area contributed by atoms with E-state index in [0.29, 0.717) is 11.0 Å². The molecule has 0 aliphatic heterocycles. The minimum absolute atomic E-state index is 0.0446. The number of hydrogen-bond donors (Lipinski definition) is 1. The summed E-state index contributed by atoms with van der Waals surface area (Å²) in [6.45, 7) is 5.60. The molecular weight excluding hydrogens is 325 g/mol. The van der Waals surface area contributed by atoms with Crippen molar-refractivity contribution in [2.75, 3.05) is 6.61 Å². The van der Waals surface area contributed by atoms with Gasteiger partial charge in [0.2, 0.25) is 5.88 Å². The van der Waals surface area contributed by atoms with E-state index in [1.54, 1.807) is 6.07 Å². The first-order valence-corrected chi connectivity index (χ1v) is 6.54. The summed E-state index contributed by atoms with van der Waals surface area (Å²) >= 11 is 3.17. The Morgan fingerprint density at radius 1 is 1.32 bits per heavy atom. The van der Waals surface area contributed by atoms with Gasteiger partial charge in [-0.2, -0.15) is 13.2 Å². The average molecular weight is 342 g/mol. The van der Waals surface area contributed by atoms with E-state index in [-0.39, 0.29) is 11.4 Å². The van der Waals surface area contributed by atoms with Gasteiger partial charge in [-0.05, 0) is 42.8 Å². The van der Waals surface area contributed by atoms with E-state index in [1.165, 1.54) is 6.20 Å². The van der Waals surface area contributed by atoms with E-state index >= 15 is 0 Å². The number of ether oxygens (including phenoxy) is 1. The van der Waals surface area contributed by atoms with Crippen molar-refractivity contribution in [2.24, 2.45) is 0 Å². The van der Waals surface area contributed by atoms with Crippen molar-refractivity contribution in [1.29, 1.82) is 0 Å². The predicted octanol–water partition coefficient (Wildman–Crippen LogP) is 2.65. The van der Waals surface area contributed by atoms with Crippen molar-refractivity contribution >= 4 is 15.9 Å². The molecule has 0 radical (unpaired) electrons. The standard InChI is InChI=1S/C12H16BrF3N2O/c1-11(2,3)18-6-8-4-9(13)10(17-5-8)19-7-12(14,15)16/h4-5,18H,6-7H2,1-3H3/p+1. The van der Waals surface area contributed by atoms with Crippen molar-refractivity contribution in [1.82, 2.24) is 4.98 Å². The van der Waals surface area contributed by atoms with Gasteiger partial charge < -0.3 is 10.1 Å². The molecule has 0 saturated heterocycles. The summed E-state index contributed by atoms with van der Waals surface area (Å²) in [7, 11) is 0. The Morgan fingerprint density at radius 2 is 1.95 bits per heavy atom. The minimum Gasteiger partial charge on any atom is -0.467 e. The summed E-state index contributed by atoms with van der Waals surface area (Å²) in [5, 5.41) is 2.12. The van der Waals surface area contributed by atoms with Crippen molar-refractivity contribution in [2.45, 2.75) is 39.0 Å². The van der Waals surface area contributed by atoms with Crippen LogP contribution in [0.2, 0.25) is 0 Å². The molecule has 7 heteroatoms. The van der Waals surface area contributed by atoms with Gasteiger partial charge in [0.1, 0.15) is 6.54 Å². The molecule has 0 bridgehead atoms. The molecule has 1 aromatic rings. The molecule has 0 amide bonds. The molecule has 1 rings (SSSR count). The van der Waals surface area contributed by atoms with Crippen molar-refractivity contribution in [3.8, 4) is 5.88 Å². The third-order valence-corrected chi connectivity index (χ3v) is 2.75. The van der Waals surface area contributed by atoms with Gasteiger partial charge in [-0.15, -0.1) is 0 Å². The van der Waals surface area contributed by atoms with Gasteiger partial charge in [0.05, 0.1) is 10.0 Å². The third-order valence-electron chi connectivity index (χ3n) is 2.19. The second-order valence-electron chi connectivity index (χ2n) is 5.31. The Kier molecular flexibility index (Phi) is 5.20. The number of nitrogens with zero attached hydrogens (tertiary/aromatic N) is 1. The van der Waals surface area contributed by atoms with Crippen LogP contribution in [0.1, 0.15) is 26.3 Å². The number of pyridine rings is 1. The number of rotatable bonds is 4. The number of halogens is 4. The Labute approximate surface area is 118 Å². The smallest absolute Gasteiger partial charge is 0.422 e. The molecule has 0 aromatic carbocycles. The summed E-state index contributed by atoms with van der Waals surface area (Å²) in [5.41, 5.74) is 0.999. The molecule has 0 aliphatic carbocycles. The molecule has 0 unspecified atom stereocenters. The topological polar surface area (TPSA) is 38.7 Å². The van der Waals surface area contributed by atoms with Crippen molar-refractivity contribution in [3.05, 3.63) is 22.3 Å². The van der Waals surface area contributed by atoms with Crippen LogP contribution in [0, 0.1) is 0 Å². The van der Waals surface area contributed by atoms with E-state index in [1.807, 2.05) is 0 Å². The molecule has 0 aliphatic rings. The van der Waals surface area contributed by atoms with Gasteiger partial charge >= 0.3 is 6.18 Å².